The molecule has 202 valence electrons. The number of carbonyl (C=O) groups excluding carboxylic acids is 3. The van der Waals surface area contributed by atoms with E-state index < -0.39 is 17.4 Å². The van der Waals surface area contributed by atoms with E-state index in [-0.39, 0.29) is 47.2 Å². The molecule has 0 fully saturated rings. The predicted molar refractivity (Wildman–Crippen MR) is 148 cm³/mol. The summed E-state index contributed by atoms with van der Waals surface area (Å²) < 4.78 is 10.9. The molecule has 0 bridgehead atoms. The number of hydrogen-bond acceptors (Lipinski definition) is 9. The zero-order valence-corrected chi connectivity index (χ0v) is 21.7. The average molecular weight is 559 g/mol. The number of ether oxygens (including phenoxy) is 2. The van der Waals surface area contributed by atoms with Crippen molar-refractivity contribution in [1.82, 2.24) is 20.6 Å². The molecule has 2 aliphatic rings. The number of amides is 3. The van der Waals surface area contributed by atoms with Gasteiger partial charge in [0.05, 0.1) is 22.3 Å². The zero-order valence-electron chi connectivity index (χ0n) is 20.9. The Morgan fingerprint density at radius 1 is 0.925 bits per heavy atom. The third-order valence-electron chi connectivity index (χ3n) is 6.22. The molecule has 0 unspecified atom stereocenters. The average Bonchev–Trinajstić information content (AvgIpc) is 3.39. The summed E-state index contributed by atoms with van der Waals surface area (Å²) in [5, 5.41) is 13.1. The van der Waals surface area contributed by atoms with Crippen molar-refractivity contribution in [2.24, 2.45) is 0 Å². The Morgan fingerprint density at radius 2 is 1.57 bits per heavy atom. The van der Waals surface area contributed by atoms with E-state index in [0.29, 0.717) is 29.4 Å². The van der Waals surface area contributed by atoms with Gasteiger partial charge >= 0.3 is 0 Å². The van der Waals surface area contributed by atoms with Gasteiger partial charge in [-0.3, -0.25) is 19.2 Å². The van der Waals surface area contributed by atoms with Gasteiger partial charge in [0.15, 0.2) is 12.4 Å². The molecule has 2 aromatic heterocycles. The lowest BCUT2D eigenvalue weighted by molar-refractivity contribution is -0.118. The summed E-state index contributed by atoms with van der Waals surface area (Å²) in [5.41, 5.74) is 3.21. The number of aromatic amines is 1. The summed E-state index contributed by atoms with van der Waals surface area (Å²) in [6, 6.07) is 10.7. The summed E-state index contributed by atoms with van der Waals surface area (Å²) in [6.45, 7) is 4.56. The molecule has 6 rings (SSSR count). The number of anilines is 2. The summed E-state index contributed by atoms with van der Waals surface area (Å²) in [7, 11) is 0. The van der Waals surface area contributed by atoms with Gasteiger partial charge in [-0.1, -0.05) is 18.7 Å². The molecule has 4 aromatic rings. The maximum absolute atomic E-state index is 12.9. The molecule has 0 spiro atoms. The largest absolute Gasteiger partial charge is 0.485 e. The summed E-state index contributed by atoms with van der Waals surface area (Å²) >= 11 is 1.07. The first-order valence-corrected chi connectivity index (χ1v) is 13.1. The number of nitrogens with zero attached hydrogens (tertiary/aromatic N) is 1. The molecule has 0 aliphatic carbocycles. The maximum atomic E-state index is 12.9. The van der Waals surface area contributed by atoms with E-state index >= 15 is 0 Å². The highest BCUT2D eigenvalue weighted by molar-refractivity contribution is 7.13. The Kier molecular flexibility index (Phi) is 6.40. The lowest BCUT2D eigenvalue weighted by atomic mass is 10.1. The van der Waals surface area contributed by atoms with Crippen molar-refractivity contribution in [3.8, 4) is 11.5 Å². The molecule has 0 saturated carbocycles. The quantitative estimate of drug-likeness (QED) is 0.241. The van der Waals surface area contributed by atoms with E-state index in [4.69, 9.17) is 9.47 Å². The van der Waals surface area contributed by atoms with Crippen LogP contribution in [0.25, 0.3) is 10.9 Å². The van der Waals surface area contributed by atoms with Crippen LogP contribution in [-0.4, -0.2) is 40.9 Å². The van der Waals surface area contributed by atoms with Crippen LogP contribution in [0.1, 0.15) is 31.4 Å². The lowest BCUT2D eigenvalue weighted by Gasteiger charge is -2.21. The molecule has 0 saturated heterocycles. The molecule has 5 N–H and O–H groups in total. The van der Waals surface area contributed by atoms with E-state index in [9.17, 15) is 19.2 Å². The Bertz CT molecular complexity index is 1780. The van der Waals surface area contributed by atoms with Crippen LogP contribution in [0.3, 0.4) is 0 Å². The van der Waals surface area contributed by atoms with Crippen molar-refractivity contribution in [3.63, 3.8) is 0 Å². The van der Waals surface area contributed by atoms with Crippen LogP contribution in [0.15, 0.2) is 58.8 Å². The molecule has 13 heteroatoms. The van der Waals surface area contributed by atoms with Gasteiger partial charge in [-0.25, -0.2) is 4.98 Å². The molecule has 3 amide bonds. The Balaban J connectivity index is 1.13. The fraction of sp³-hybridized carbons (Fsp3) is 0.148. The van der Waals surface area contributed by atoms with Gasteiger partial charge in [-0.05, 0) is 35.4 Å². The van der Waals surface area contributed by atoms with Gasteiger partial charge in [0.2, 0.25) is 0 Å². The normalized spacial score (nSPS) is 13.7. The van der Waals surface area contributed by atoms with Crippen molar-refractivity contribution >= 4 is 51.3 Å². The topological polar surface area (TPSA) is 164 Å². The fourth-order valence-electron chi connectivity index (χ4n) is 4.31. The molecule has 0 atom stereocenters. The molecular formula is C27H22N6O6S. The zero-order chi connectivity index (χ0) is 27.8. The first-order valence-electron chi connectivity index (χ1n) is 12.2. The fourth-order valence-corrected chi connectivity index (χ4v) is 5.21. The van der Waals surface area contributed by atoms with Crippen molar-refractivity contribution in [2.45, 2.75) is 13.1 Å². The van der Waals surface area contributed by atoms with Gasteiger partial charge in [0.25, 0.3) is 23.3 Å². The number of rotatable bonds is 6. The molecule has 0 radical (unpaired) electrons. The van der Waals surface area contributed by atoms with Gasteiger partial charge < -0.3 is 35.7 Å². The Morgan fingerprint density at radius 3 is 2.30 bits per heavy atom. The van der Waals surface area contributed by atoms with Crippen LogP contribution in [0.5, 0.6) is 11.5 Å². The minimum Gasteiger partial charge on any atom is -0.485 e. The molecular weight excluding hydrogens is 536 g/mol. The number of fused-ring (bicyclic) bond motifs is 3. The number of H-pyrrole nitrogens is 1. The minimum absolute atomic E-state index is 0.0461. The van der Waals surface area contributed by atoms with Crippen LogP contribution in [0.2, 0.25) is 0 Å². The summed E-state index contributed by atoms with van der Waals surface area (Å²) in [4.78, 5) is 57.0. The molecule has 12 nitrogen and oxygen atoms in total. The predicted octanol–water partition coefficient (Wildman–Crippen LogP) is 2.49. The molecule has 2 aliphatic heterocycles. The smallest absolute Gasteiger partial charge is 0.287 e. The summed E-state index contributed by atoms with van der Waals surface area (Å²) in [6.07, 6.45) is 0. The number of nitrogens with one attached hydrogen (secondary N) is 5. The SMILES string of the molecule is C=C1COc2ccc(CNC(=O)c3scc4nc(C(=O)NCc5ccc6c(c5)NC(=O)CO6)[nH]c(=O)c34)cc2N1. The van der Waals surface area contributed by atoms with E-state index in [0.717, 1.165) is 28.3 Å². The van der Waals surface area contributed by atoms with Gasteiger partial charge in [-0.2, -0.15) is 0 Å². The maximum Gasteiger partial charge on any atom is 0.287 e. The van der Waals surface area contributed by atoms with Crippen LogP contribution in [-0.2, 0) is 17.9 Å². The minimum atomic E-state index is -0.595. The second-order valence-corrected chi connectivity index (χ2v) is 10.00. The van der Waals surface area contributed by atoms with Crippen LogP contribution in [0.4, 0.5) is 11.4 Å². The van der Waals surface area contributed by atoms with Crippen LogP contribution < -0.4 is 36.3 Å². The first-order chi connectivity index (χ1) is 19.3. The number of thiophene rings is 1. The van der Waals surface area contributed by atoms with Crippen molar-refractivity contribution in [3.05, 3.63) is 86.2 Å². The van der Waals surface area contributed by atoms with Crippen LogP contribution in [0, 0.1) is 0 Å². The second-order valence-electron chi connectivity index (χ2n) is 9.12. The number of benzene rings is 2. The Labute approximate surface area is 230 Å². The van der Waals surface area contributed by atoms with E-state index in [1.165, 1.54) is 0 Å². The van der Waals surface area contributed by atoms with E-state index in [1.807, 2.05) is 18.2 Å². The number of hydrogen-bond donors (Lipinski definition) is 5. The highest BCUT2D eigenvalue weighted by Crippen LogP contribution is 2.31. The van der Waals surface area contributed by atoms with E-state index in [1.54, 1.807) is 23.6 Å². The van der Waals surface area contributed by atoms with Crippen LogP contribution >= 0.6 is 11.3 Å². The standard InChI is InChI=1S/C27H22N6O6S/c1-13-10-38-19-4-2-14(6-16(19)30-13)8-28-26(36)23-22-18(12-40-23)32-24(33-25(22)35)27(37)29-9-15-3-5-20-17(7-15)31-21(34)11-39-20/h2-7,12,30H,1,8-11H2,(H,28,36)(H,29,37)(H,31,34)(H,32,33,35). The lowest BCUT2D eigenvalue weighted by Crippen LogP contribution is -2.29. The first kappa shape index (κ1) is 25.1. The third-order valence-corrected chi connectivity index (χ3v) is 7.19. The molecule has 2 aromatic carbocycles. The van der Waals surface area contributed by atoms with Crippen molar-refractivity contribution in [2.75, 3.05) is 23.8 Å². The Hall–Kier alpha value is -5.17. The third kappa shape index (κ3) is 4.97. The number of aromatic nitrogens is 2. The number of carbonyl (C=O) groups is 3. The second kappa shape index (κ2) is 10.2. The molecule has 40 heavy (non-hydrogen) atoms. The molecule has 4 heterocycles. The highest BCUT2D eigenvalue weighted by atomic mass is 32.1. The van der Waals surface area contributed by atoms with Gasteiger partial charge in [0.1, 0.15) is 23.0 Å². The van der Waals surface area contributed by atoms with Crippen molar-refractivity contribution < 1.29 is 23.9 Å². The monoisotopic (exact) mass is 558 g/mol. The summed E-state index contributed by atoms with van der Waals surface area (Å²) in [5.74, 6) is -0.215. The van der Waals surface area contributed by atoms with Crippen molar-refractivity contribution in [1.29, 1.82) is 0 Å². The highest BCUT2D eigenvalue weighted by Gasteiger charge is 2.21. The van der Waals surface area contributed by atoms with Gasteiger partial charge in [0, 0.05) is 24.2 Å². The van der Waals surface area contributed by atoms with E-state index in [2.05, 4.69) is 37.8 Å². The van der Waals surface area contributed by atoms with Gasteiger partial charge in [-0.15, -0.1) is 11.3 Å².